The summed E-state index contributed by atoms with van der Waals surface area (Å²) in [4.78, 5) is 21.9. The highest BCUT2D eigenvalue weighted by Gasteiger charge is 2.33. The third-order valence-corrected chi connectivity index (χ3v) is 3.78. The van der Waals surface area contributed by atoms with Crippen LogP contribution in [-0.4, -0.2) is 32.6 Å². The highest BCUT2D eigenvalue weighted by atomic mass is 35.5. The number of aromatic nitrogens is 4. The first-order chi connectivity index (χ1) is 10.1. The smallest absolute Gasteiger partial charge is 0.243 e. The van der Waals surface area contributed by atoms with Crippen LogP contribution in [0.25, 0.3) is 0 Å². The molecule has 1 aliphatic heterocycles. The van der Waals surface area contributed by atoms with Crippen LogP contribution >= 0.6 is 23.2 Å². The molecule has 1 unspecified atom stereocenters. The van der Waals surface area contributed by atoms with E-state index in [9.17, 15) is 4.79 Å². The number of hydrogen-bond donors (Lipinski definition) is 0. The van der Waals surface area contributed by atoms with Gasteiger partial charge >= 0.3 is 0 Å². The second-order valence-electron chi connectivity index (χ2n) is 4.75. The summed E-state index contributed by atoms with van der Waals surface area (Å²) in [6, 6.07) is 3.61. The monoisotopic (exact) mass is 323 g/mol. The molecule has 1 saturated heterocycles. The molecule has 8 heteroatoms. The van der Waals surface area contributed by atoms with E-state index in [0.29, 0.717) is 23.9 Å². The van der Waals surface area contributed by atoms with Gasteiger partial charge < -0.3 is 0 Å². The first kappa shape index (κ1) is 14.2. The first-order valence-corrected chi connectivity index (χ1v) is 7.16. The molecular weight excluding hydrogens is 313 g/mol. The summed E-state index contributed by atoms with van der Waals surface area (Å²) in [6.45, 7) is 0.600. The lowest BCUT2D eigenvalue weighted by molar-refractivity contribution is -0.120. The Morgan fingerprint density at radius 3 is 2.71 bits per heavy atom. The summed E-state index contributed by atoms with van der Waals surface area (Å²) in [5, 5.41) is 8.07. The Balaban J connectivity index is 1.71. The van der Waals surface area contributed by atoms with Crippen molar-refractivity contribution in [3.63, 3.8) is 0 Å². The Bertz CT molecular complexity index is 647. The van der Waals surface area contributed by atoms with Gasteiger partial charge in [-0.1, -0.05) is 17.7 Å². The molecule has 0 saturated carbocycles. The predicted molar refractivity (Wildman–Crippen MR) is 78.2 cm³/mol. The van der Waals surface area contributed by atoms with Crippen molar-refractivity contribution in [1.29, 1.82) is 0 Å². The van der Waals surface area contributed by atoms with Gasteiger partial charge in [-0.3, -0.25) is 9.69 Å². The summed E-state index contributed by atoms with van der Waals surface area (Å²) in [6.07, 6.45) is 4.54. The van der Waals surface area contributed by atoms with Crippen LogP contribution in [0, 0.1) is 5.92 Å². The van der Waals surface area contributed by atoms with Crippen LogP contribution in [0.2, 0.25) is 10.4 Å². The molecule has 0 N–H and O–H groups in total. The maximum Gasteiger partial charge on any atom is 0.243 e. The molecule has 2 aromatic heterocycles. The lowest BCUT2D eigenvalue weighted by atomic mass is 9.99. The zero-order valence-corrected chi connectivity index (χ0v) is 12.4. The van der Waals surface area contributed by atoms with Crippen molar-refractivity contribution in [2.24, 2.45) is 5.92 Å². The van der Waals surface area contributed by atoms with Crippen molar-refractivity contribution in [2.45, 2.75) is 12.8 Å². The summed E-state index contributed by atoms with van der Waals surface area (Å²) < 4.78 is 0. The van der Waals surface area contributed by atoms with Crippen LogP contribution in [0.5, 0.6) is 0 Å². The lowest BCUT2D eigenvalue weighted by Gasteiger charge is -2.14. The van der Waals surface area contributed by atoms with Crippen molar-refractivity contribution < 1.29 is 4.79 Å². The fourth-order valence-electron chi connectivity index (χ4n) is 2.35. The van der Waals surface area contributed by atoms with Crippen molar-refractivity contribution in [1.82, 2.24) is 20.2 Å². The van der Waals surface area contributed by atoms with Crippen LogP contribution in [0.3, 0.4) is 0 Å². The summed E-state index contributed by atoms with van der Waals surface area (Å²) in [7, 11) is 0. The number of anilines is 1. The van der Waals surface area contributed by atoms with E-state index in [-0.39, 0.29) is 17.1 Å². The minimum atomic E-state index is -0.0922. The molecule has 0 aliphatic carbocycles. The number of nitrogens with zero attached hydrogens (tertiary/aromatic N) is 5. The molecule has 108 valence electrons. The third kappa shape index (κ3) is 3.11. The fraction of sp³-hybridized carbons (Fsp3) is 0.308. The zero-order valence-electron chi connectivity index (χ0n) is 10.9. The molecular formula is C13H11Cl2N5O. The van der Waals surface area contributed by atoms with Gasteiger partial charge in [0.2, 0.25) is 11.2 Å². The highest BCUT2D eigenvalue weighted by Crippen LogP contribution is 2.26. The maximum atomic E-state index is 12.4. The van der Waals surface area contributed by atoms with E-state index < -0.39 is 0 Å². The zero-order chi connectivity index (χ0) is 14.8. The Morgan fingerprint density at radius 1 is 1.19 bits per heavy atom. The Morgan fingerprint density at radius 2 is 2.05 bits per heavy atom. The average molecular weight is 324 g/mol. The fourth-order valence-corrected chi connectivity index (χ4v) is 2.54. The van der Waals surface area contributed by atoms with E-state index >= 15 is 0 Å². The van der Waals surface area contributed by atoms with Crippen LogP contribution in [0.4, 0.5) is 5.82 Å². The number of rotatable bonds is 3. The maximum absolute atomic E-state index is 12.4. The van der Waals surface area contributed by atoms with Gasteiger partial charge in [-0.25, -0.2) is 9.97 Å². The van der Waals surface area contributed by atoms with E-state index in [1.165, 1.54) is 6.20 Å². The van der Waals surface area contributed by atoms with Gasteiger partial charge in [0.25, 0.3) is 0 Å². The molecule has 0 bridgehead atoms. The number of halogens is 2. The van der Waals surface area contributed by atoms with Gasteiger partial charge in [-0.05, 0) is 36.1 Å². The van der Waals surface area contributed by atoms with Gasteiger partial charge in [0.15, 0.2) is 5.82 Å². The second-order valence-corrected chi connectivity index (χ2v) is 5.48. The van der Waals surface area contributed by atoms with Gasteiger partial charge in [-0.2, -0.15) is 0 Å². The molecule has 1 aliphatic rings. The van der Waals surface area contributed by atoms with Gasteiger partial charge in [-0.15, -0.1) is 10.2 Å². The quantitative estimate of drug-likeness (QED) is 0.809. The second kappa shape index (κ2) is 5.91. The molecule has 1 fully saturated rings. The number of hydrogen-bond acceptors (Lipinski definition) is 5. The third-order valence-electron chi connectivity index (χ3n) is 3.39. The lowest BCUT2D eigenvalue weighted by Crippen LogP contribution is -2.28. The SMILES string of the molecule is O=C1C(Cc2ccc(Cl)nc2)CCN1c1cnc(Cl)nn1. The minimum Gasteiger partial charge on any atom is -0.294 e. The Kier molecular flexibility index (Phi) is 3.98. The molecule has 0 radical (unpaired) electrons. The van der Waals surface area contributed by atoms with Gasteiger partial charge in [0.05, 0.1) is 6.20 Å². The number of amides is 1. The summed E-state index contributed by atoms with van der Waals surface area (Å²) in [5.41, 5.74) is 0.986. The van der Waals surface area contributed by atoms with E-state index in [1.54, 1.807) is 17.2 Å². The topological polar surface area (TPSA) is 71.9 Å². The molecule has 1 atom stereocenters. The molecule has 1 amide bonds. The summed E-state index contributed by atoms with van der Waals surface area (Å²) >= 11 is 11.4. The van der Waals surface area contributed by atoms with E-state index in [4.69, 9.17) is 23.2 Å². The van der Waals surface area contributed by atoms with Crippen LogP contribution in [0.15, 0.2) is 24.5 Å². The molecule has 2 aromatic rings. The molecule has 0 aromatic carbocycles. The average Bonchev–Trinajstić information content (AvgIpc) is 2.84. The van der Waals surface area contributed by atoms with Crippen molar-refractivity contribution >= 4 is 34.9 Å². The number of carbonyl (C=O) groups is 1. The Labute approximate surface area is 131 Å². The van der Waals surface area contributed by atoms with Crippen molar-refractivity contribution in [3.05, 3.63) is 40.5 Å². The first-order valence-electron chi connectivity index (χ1n) is 6.40. The van der Waals surface area contributed by atoms with Crippen molar-refractivity contribution in [3.8, 4) is 0 Å². The molecule has 3 rings (SSSR count). The highest BCUT2D eigenvalue weighted by molar-refractivity contribution is 6.29. The number of pyridine rings is 1. The van der Waals surface area contributed by atoms with E-state index in [2.05, 4.69) is 20.2 Å². The molecule has 21 heavy (non-hydrogen) atoms. The van der Waals surface area contributed by atoms with E-state index in [1.807, 2.05) is 6.07 Å². The summed E-state index contributed by atoms with van der Waals surface area (Å²) in [5.74, 6) is 0.356. The normalized spacial score (nSPS) is 18.3. The number of carbonyl (C=O) groups excluding carboxylic acids is 1. The van der Waals surface area contributed by atoms with Crippen molar-refractivity contribution in [2.75, 3.05) is 11.4 Å². The molecule has 3 heterocycles. The standard InChI is InChI=1S/C13H11Cl2N5O/c14-10-2-1-8(6-16-10)5-9-3-4-20(12(9)21)11-7-17-13(15)19-18-11/h1-2,6-7,9H,3-5H2. The van der Waals surface area contributed by atoms with Crippen LogP contribution in [0.1, 0.15) is 12.0 Å². The molecule has 6 nitrogen and oxygen atoms in total. The minimum absolute atomic E-state index is 0.0170. The van der Waals surface area contributed by atoms with Crippen LogP contribution < -0.4 is 4.90 Å². The van der Waals surface area contributed by atoms with Gasteiger partial charge in [0, 0.05) is 18.7 Å². The van der Waals surface area contributed by atoms with Crippen LogP contribution in [-0.2, 0) is 11.2 Å². The predicted octanol–water partition coefficient (Wildman–Crippen LogP) is 2.17. The van der Waals surface area contributed by atoms with E-state index in [0.717, 1.165) is 12.0 Å². The van der Waals surface area contributed by atoms with Gasteiger partial charge in [0.1, 0.15) is 5.15 Å². The molecule has 0 spiro atoms. The Hall–Kier alpha value is -1.79. The largest absolute Gasteiger partial charge is 0.294 e.